The minimum absolute atomic E-state index is 0.430. The molecule has 2 aromatic heterocycles. The van der Waals surface area contributed by atoms with Gasteiger partial charge in [0.2, 0.25) is 0 Å². The largest absolute Gasteiger partial charge is 0.265 e. The number of halogens is 1. The van der Waals surface area contributed by atoms with Gasteiger partial charge in [0.15, 0.2) is 0 Å². The maximum Gasteiger partial charge on any atom is 0.0831 e. The summed E-state index contributed by atoms with van der Waals surface area (Å²) >= 11 is 3.53. The Morgan fingerprint density at radius 3 is 2.75 bits per heavy atom. The fourth-order valence-electron chi connectivity index (χ4n) is 1.54. The van der Waals surface area contributed by atoms with E-state index < -0.39 is 0 Å². The zero-order valence-corrected chi connectivity index (χ0v) is 11.0. The van der Waals surface area contributed by atoms with Gasteiger partial charge in [-0.1, -0.05) is 19.9 Å². The first-order chi connectivity index (χ1) is 7.66. The van der Waals surface area contributed by atoms with E-state index in [4.69, 9.17) is 0 Å². The van der Waals surface area contributed by atoms with Crippen LogP contribution in [0.1, 0.15) is 31.2 Å². The first-order valence-electron chi connectivity index (χ1n) is 5.29. The van der Waals surface area contributed by atoms with Crippen molar-refractivity contribution in [1.82, 2.24) is 14.8 Å². The zero-order chi connectivity index (χ0) is 11.5. The number of nitrogens with zero attached hydrogens (tertiary/aromatic N) is 3. The van der Waals surface area contributed by atoms with Gasteiger partial charge in [0.1, 0.15) is 0 Å². The van der Waals surface area contributed by atoms with Gasteiger partial charge in [-0.3, -0.25) is 9.67 Å². The fraction of sp³-hybridized carbons (Fsp3) is 0.333. The normalized spacial score (nSPS) is 11.0. The second-order valence-electron chi connectivity index (χ2n) is 4.04. The van der Waals surface area contributed by atoms with Crippen molar-refractivity contribution in [2.75, 3.05) is 0 Å². The molecule has 0 spiro atoms. The Hall–Kier alpha value is -1.16. The van der Waals surface area contributed by atoms with Gasteiger partial charge in [-0.2, -0.15) is 5.10 Å². The molecule has 0 aromatic carbocycles. The molecular formula is C12H14BrN3. The highest BCUT2D eigenvalue weighted by molar-refractivity contribution is 9.10. The second-order valence-corrected chi connectivity index (χ2v) is 4.89. The first-order valence-corrected chi connectivity index (χ1v) is 6.09. The molecule has 2 rings (SSSR count). The van der Waals surface area contributed by atoms with E-state index in [-0.39, 0.29) is 0 Å². The molecule has 0 N–H and O–H groups in total. The van der Waals surface area contributed by atoms with Crippen LogP contribution in [0, 0.1) is 0 Å². The molecular weight excluding hydrogens is 266 g/mol. The van der Waals surface area contributed by atoms with Crippen molar-refractivity contribution in [2.45, 2.75) is 26.3 Å². The molecule has 0 aliphatic rings. The molecule has 0 saturated heterocycles. The van der Waals surface area contributed by atoms with Crippen molar-refractivity contribution in [1.29, 1.82) is 0 Å². The summed E-state index contributed by atoms with van der Waals surface area (Å²) in [7, 11) is 0. The molecule has 2 aromatic rings. The molecule has 2 heterocycles. The maximum atomic E-state index is 4.53. The Morgan fingerprint density at radius 2 is 2.19 bits per heavy atom. The van der Waals surface area contributed by atoms with Crippen molar-refractivity contribution in [3.63, 3.8) is 0 Å². The van der Waals surface area contributed by atoms with Gasteiger partial charge < -0.3 is 0 Å². The number of hydrogen-bond donors (Lipinski definition) is 0. The molecule has 0 aliphatic carbocycles. The second kappa shape index (κ2) is 4.78. The Labute approximate surface area is 104 Å². The third kappa shape index (κ3) is 2.50. The predicted octanol–water partition coefficient (Wildman–Crippen LogP) is 3.21. The van der Waals surface area contributed by atoms with Gasteiger partial charge in [0.25, 0.3) is 0 Å². The fourth-order valence-corrected chi connectivity index (χ4v) is 2.32. The smallest absolute Gasteiger partial charge is 0.0831 e. The molecule has 84 valence electrons. The third-order valence-electron chi connectivity index (χ3n) is 2.34. The lowest BCUT2D eigenvalue weighted by molar-refractivity contribution is 0.646. The van der Waals surface area contributed by atoms with Gasteiger partial charge in [-0.05, 0) is 34.0 Å². The van der Waals surface area contributed by atoms with E-state index in [1.54, 1.807) is 6.20 Å². The van der Waals surface area contributed by atoms with Crippen LogP contribution in [0.25, 0.3) is 0 Å². The number of aromatic nitrogens is 3. The molecule has 0 radical (unpaired) electrons. The Kier molecular flexibility index (Phi) is 3.39. The first kappa shape index (κ1) is 11.3. The summed E-state index contributed by atoms with van der Waals surface area (Å²) in [6.07, 6.45) is 3.81. The van der Waals surface area contributed by atoms with Gasteiger partial charge in [0.05, 0.1) is 22.4 Å². The van der Waals surface area contributed by atoms with Crippen LogP contribution < -0.4 is 0 Å². The number of hydrogen-bond acceptors (Lipinski definition) is 2. The highest BCUT2D eigenvalue weighted by Crippen LogP contribution is 2.22. The predicted molar refractivity (Wildman–Crippen MR) is 67.4 cm³/mol. The molecule has 0 atom stereocenters. The van der Waals surface area contributed by atoms with Gasteiger partial charge in [-0.25, -0.2) is 0 Å². The molecule has 4 heteroatoms. The van der Waals surface area contributed by atoms with E-state index in [0.29, 0.717) is 12.5 Å². The minimum Gasteiger partial charge on any atom is -0.265 e. The van der Waals surface area contributed by atoms with E-state index in [9.17, 15) is 0 Å². The summed E-state index contributed by atoms with van der Waals surface area (Å²) in [6.45, 7) is 4.99. The average Bonchev–Trinajstić information content (AvgIpc) is 2.61. The Balaban J connectivity index is 2.20. The molecule has 3 nitrogen and oxygen atoms in total. The SMILES string of the molecule is CC(C)c1nn(Cc2ccccn2)cc1Br. The summed E-state index contributed by atoms with van der Waals surface area (Å²) in [6, 6.07) is 5.91. The van der Waals surface area contributed by atoms with Crippen molar-refractivity contribution in [3.8, 4) is 0 Å². The van der Waals surface area contributed by atoms with E-state index in [2.05, 4.69) is 39.9 Å². The standard InChI is InChI=1S/C12H14BrN3/c1-9(2)12-11(13)8-16(15-12)7-10-5-3-4-6-14-10/h3-6,8-9H,7H2,1-2H3. The van der Waals surface area contributed by atoms with Crippen molar-refractivity contribution in [2.24, 2.45) is 0 Å². The van der Waals surface area contributed by atoms with Crippen LogP contribution in [-0.2, 0) is 6.54 Å². The highest BCUT2D eigenvalue weighted by Gasteiger charge is 2.10. The van der Waals surface area contributed by atoms with Crippen LogP contribution in [0.3, 0.4) is 0 Å². The summed E-state index contributed by atoms with van der Waals surface area (Å²) in [5, 5.41) is 4.53. The van der Waals surface area contributed by atoms with Crippen LogP contribution in [-0.4, -0.2) is 14.8 Å². The van der Waals surface area contributed by atoms with Crippen molar-refractivity contribution in [3.05, 3.63) is 46.5 Å². The summed E-state index contributed by atoms with van der Waals surface area (Å²) in [4.78, 5) is 4.28. The lowest BCUT2D eigenvalue weighted by atomic mass is 10.1. The Morgan fingerprint density at radius 1 is 1.38 bits per heavy atom. The van der Waals surface area contributed by atoms with Gasteiger partial charge in [0, 0.05) is 12.4 Å². The lowest BCUT2D eigenvalue weighted by Gasteiger charge is -2.01. The van der Waals surface area contributed by atoms with Crippen molar-refractivity contribution >= 4 is 15.9 Å². The van der Waals surface area contributed by atoms with E-state index in [0.717, 1.165) is 15.9 Å². The van der Waals surface area contributed by atoms with E-state index in [1.807, 2.05) is 29.1 Å². The summed E-state index contributed by atoms with van der Waals surface area (Å²) in [5.74, 6) is 0.430. The van der Waals surface area contributed by atoms with Crippen LogP contribution in [0.4, 0.5) is 0 Å². The molecule has 0 amide bonds. The quantitative estimate of drug-likeness (QED) is 0.864. The number of pyridine rings is 1. The van der Waals surface area contributed by atoms with Crippen LogP contribution in [0.2, 0.25) is 0 Å². The molecule has 0 aliphatic heterocycles. The molecule has 16 heavy (non-hydrogen) atoms. The highest BCUT2D eigenvalue weighted by atomic mass is 79.9. The van der Waals surface area contributed by atoms with Crippen molar-refractivity contribution < 1.29 is 0 Å². The van der Waals surface area contributed by atoms with E-state index >= 15 is 0 Å². The zero-order valence-electron chi connectivity index (χ0n) is 9.39. The van der Waals surface area contributed by atoms with Crippen LogP contribution >= 0.6 is 15.9 Å². The van der Waals surface area contributed by atoms with Crippen LogP contribution in [0.15, 0.2) is 35.1 Å². The monoisotopic (exact) mass is 279 g/mol. The average molecular weight is 280 g/mol. The van der Waals surface area contributed by atoms with Gasteiger partial charge in [-0.15, -0.1) is 0 Å². The molecule has 0 fully saturated rings. The van der Waals surface area contributed by atoms with E-state index in [1.165, 1.54) is 0 Å². The summed E-state index contributed by atoms with van der Waals surface area (Å²) < 4.78 is 2.99. The maximum absolute atomic E-state index is 4.53. The topological polar surface area (TPSA) is 30.7 Å². The lowest BCUT2D eigenvalue weighted by Crippen LogP contribution is -2.03. The Bertz CT molecular complexity index is 462. The third-order valence-corrected chi connectivity index (χ3v) is 2.95. The molecule has 0 bridgehead atoms. The minimum atomic E-state index is 0.430. The summed E-state index contributed by atoms with van der Waals surface area (Å²) in [5.41, 5.74) is 2.11. The van der Waals surface area contributed by atoms with Gasteiger partial charge >= 0.3 is 0 Å². The molecule has 0 unspecified atom stereocenters. The van der Waals surface area contributed by atoms with Crippen LogP contribution in [0.5, 0.6) is 0 Å². The molecule has 0 saturated carbocycles. The number of rotatable bonds is 3.